The van der Waals surface area contributed by atoms with Gasteiger partial charge in [0, 0.05) is 20.3 Å². The standard InChI is InChI=1S/C15H23N3O2Si/c1-21(2,3)11-7-10-18(14-8-5-4-6-9-14)15(20)17-12-16-13-19/h4-6,8-9H,7,10-12H2,1-3H3,(H,17,20). The molecule has 0 saturated carbocycles. The van der Waals surface area contributed by atoms with Gasteiger partial charge in [0.2, 0.25) is 6.08 Å². The Balaban J connectivity index is 2.70. The van der Waals surface area contributed by atoms with E-state index in [2.05, 4.69) is 30.0 Å². The number of carbonyl (C=O) groups is 1. The van der Waals surface area contributed by atoms with Crippen molar-refractivity contribution in [3.8, 4) is 0 Å². The summed E-state index contributed by atoms with van der Waals surface area (Å²) in [4.78, 5) is 27.3. The van der Waals surface area contributed by atoms with Gasteiger partial charge in [-0.3, -0.25) is 4.90 Å². The Labute approximate surface area is 127 Å². The third-order valence-electron chi connectivity index (χ3n) is 3.00. The Morgan fingerprint density at radius 3 is 2.52 bits per heavy atom. The minimum atomic E-state index is -1.12. The molecule has 1 aromatic carbocycles. The molecule has 1 rings (SSSR count). The molecule has 0 aromatic heterocycles. The molecule has 0 fully saturated rings. The van der Waals surface area contributed by atoms with Gasteiger partial charge < -0.3 is 5.32 Å². The van der Waals surface area contributed by atoms with Crippen LogP contribution in [0.15, 0.2) is 35.3 Å². The Kier molecular flexibility index (Phi) is 6.85. The Bertz CT molecular complexity index is 493. The van der Waals surface area contributed by atoms with E-state index in [-0.39, 0.29) is 12.7 Å². The van der Waals surface area contributed by atoms with Gasteiger partial charge in [0.15, 0.2) is 0 Å². The van der Waals surface area contributed by atoms with Gasteiger partial charge in [0.05, 0.1) is 0 Å². The number of amides is 2. The van der Waals surface area contributed by atoms with Crippen LogP contribution in [0, 0.1) is 0 Å². The molecule has 0 radical (unpaired) electrons. The van der Waals surface area contributed by atoms with Gasteiger partial charge in [-0.15, -0.1) is 0 Å². The molecule has 1 N–H and O–H groups in total. The van der Waals surface area contributed by atoms with Crippen molar-refractivity contribution in [2.75, 3.05) is 18.1 Å². The van der Waals surface area contributed by atoms with Gasteiger partial charge in [-0.2, -0.15) is 4.99 Å². The van der Waals surface area contributed by atoms with E-state index < -0.39 is 8.07 Å². The van der Waals surface area contributed by atoms with Crippen molar-refractivity contribution in [1.82, 2.24) is 5.32 Å². The molecule has 1 aromatic rings. The lowest BCUT2D eigenvalue weighted by Crippen LogP contribution is -2.41. The Hall–Kier alpha value is -1.91. The van der Waals surface area contributed by atoms with Crippen LogP contribution in [0.2, 0.25) is 25.7 Å². The van der Waals surface area contributed by atoms with E-state index in [9.17, 15) is 9.59 Å². The van der Waals surface area contributed by atoms with Gasteiger partial charge in [0.25, 0.3) is 0 Å². The third-order valence-corrected chi connectivity index (χ3v) is 4.85. The number of para-hydroxylation sites is 1. The molecule has 0 heterocycles. The molecule has 0 aliphatic carbocycles. The van der Waals surface area contributed by atoms with E-state index in [4.69, 9.17) is 0 Å². The molecular formula is C15H23N3O2Si. The van der Waals surface area contributed by atoms with Crippen LogP contribution in [0.1, 0.15) is 6.42 Å². The largest absolute Gasteiger partial charge is 0.323 e. The van der Waals surface area contributed by atoms with Gasteiger partial charge in [-0.1, -0.05) is 43.9 Å². The van der Waals surface area contributed by atoms with Crippen LogP contribution < -0.4 is 10.2 Å². The molecule has 0 saturated heterocycles. The topological polar surface area (TPSA) is 61.8 Å². The summed E-state index contributed by atoms with van der Waals surface area (Å²) in [6, 6.07) is 10.4. The minimum Gasteiger partial charge on any atom is -0.317 e. The summed E-state index contributed by atoms with van der Waals surface area (Å²) < 4.78 is 0. The van der Waals surface area contributed by atoms with Gasteiger partial charge in [-0.05, 0) is 18.6 Å². The third kappa shape index (κ3) is 6.88. The van der Waals surface area contributed by atoms with Crippen LogP contribution in [0.4, 0.5) is 10.5 Å². The number of anilines is 1. The normalized spacial score (nSPS) is 10.6. The van der Waals surface area contributed by atoms with Gasteiger partial charge in [-0.25, -0.2) is 9.59 Å². The summed E-state index contributed by atoms with van der Waals surface area (Å²) >= 11 is 0. The number of nitrogens with zero attached hydrogens (tertiary/aromatic N) is 2. The summed E-state index contributed by atoms with van der Waals surface area (Å²) in [5, 5.41) is 2.60. The maximum absolute atomic E-state index is 12.2. The van der Waals surface area contributed by atoms with E-state index in [0.717, 1.165) is 18.2 Å². The van der Waals surface area contributed by atoms with E-state index in [1.807, 2.05) is 30.3 Å². The smallest absolute Gasteiger partial charge is 0.317 e. The second-order valence-electron chi connectivity index (χ2n) is 6.04. The summed E-state index contributed by atoms with van der Waals surface area (Å²) in [7, 11) is -1.12. The number of rotatable bonds is 7. The predicted molar refractivity (Wildman–Crippen MR) is 88.1 cm³/mol. The molecule has 0 spiro atoms. The minimum absolute atomic E-state index is 0.0420. The zero-order chi connectivity index (χ0) is 15.7. The fourth-order valence-electron chi connectivity index (χ4n) is 1.96. The first kappa shape index (κ1) is 17.1. The first-order chi connectivity index (χ1) is 9.94. The van der Waals surface area contributed by atoms with Crippen molar-refractivity contribution in [3.05, 3.63) is 30.3 Å². The average molecular weight is 305 g/mol. The average Bonchev–Trinajstić information content (AvgIpc) is 2.43. The van der Waals surface area contributed by atoms with E-state index in [0.29, 0.717) is 6.54 Å². The van der Waals surface area contributed by atoms with Gasteiger partial charge >= 0.3 is 6.03 Å². The molecule has 0 aliphatic rings. The molecule has 114 valence electrons. The van der Waals surface area contributed by atoms with Crippen molar-refractivity contribution in [1.29, 1.82) is 0 Å². The summed E-state index contributed by atoms with van der Waals surface area (Å²) in [6.45, 7) is 7.57. The van der Waals surface area contributed by atoms with Crippen molar-refractivity contribution in [3.63, 3.8) is 0 Å². The van der Waals surface area contributed by atoms with E-state index >= 15 is 0 Å². The van der Waals surface area contributed by atoms with Crippen LogP contribution >= 0.6 is 0 Å². The molecule has 5 nitrogen and oxygen atoms in total. The molecular weight excluding hydrogens is 282 g/mol. The summed E-state index contributed by atoms with van der Waals surface area (Å²) in [5.74, 6) is 0. The zero-order valence-corrected chi connectivity index (χ0v) is 13.9. The number of hydrogen-bond donors (Lipinski definition) is 1. The van der Waals surface area contributed by atoms with Crippen LogP contribution in [-0.2, 0) is 4.79 Å². The number of aliphatic imine (C=N–C) groups is 1. The number of urea groups is 1. The Morgan fingerprint density at radius 1 is 1.29 bits per heavy atom. The maximum Gasteiger partial charge on any atom is 0.323 e. The molecule has 2 amide bonds. The highest BCUT2D eigenvalue weighted by Crippen LogP contribution is 2.17. The van der Waals surface area contributed by atoms with Gasteiger partial charge in [0.1, 0.15) is 6.67 Å². The molecule has 0 bridgehead atoms. The van der Waals surface area contributed by atoms with Crippen LogP contribution in [0.5, 0.6) is 0 Å². The second kappa shape index (κ2) is 8.39. The highest BCUT2D eigenvalue weighted by Gasteiger charge is 2.17. The number of benzene rings is 1. The lowest BCUT2D eigenvalue weighted by atomic mass is 10.3. The lowest BCUT2D eigenvalue weighted by Gasteiger charge is -2.24. The fourth-order valence-corrected chi connectivity index (χ4v) is 3.18. The first-order valence-electron chi connectivity index (χ1n) is 7.08. The highest BCUT2D eigenvalue weighted by atomic mass is 28.3. The van der Waals surface area contributed by atoms with Crippen molar-refractivity contribution >= 4 is 25.9 Å². The van der Waals surface area contributed by atoms with Crippen LogP contribution in [0.3, 0.4) is 0 Å². The number of hydrogen-bond acceptors (Lipinski definition) is 3. The molecule has 0 aliphatic heterocycles. The quantitative estimate of drug-likeness (QED) is 0.477. The van der Waals surface area contributed by atoms with Crippen molar-refractivity contribution in [2.45, 2.75) is 32.1 Å². The fraction of sp³-hybridized carbons (Fsp3) is 0.467. The highest BCUT2D eigenvalue weighted by molar-refractivity contribution is 6.76. The molecule has 21 heavy (non-hydrogen) atoms. The Morgan fingerprint density at radius 2 is 1.95 bits per heavy atom. The van der Waals surface area contributed by atoms with Crippen molar-refractivity contribution < 1.29 is 9.59 Å². The number of nitrogens with one attached hydrogen (secondary N) is 1. The number of carbonyl (C=O) groups excluding carboxylic acids is 2. The van der Waals surface area contributed by atoms with E-state index in [1.54, 1.807) is 4.90 Å². The first-order valence-corrected chi connectivity index (χ1v) is 10.8. The number of isocyanates is 1. The van der Waals surface area contributed by atoms with Crippen molar-refractivity contribution in [2.24, 2.45) is 4.99 Å². The van der Waals surface area contributed by atoms with E-state index in [1.165, 1.54) is 6.08 Å². The lowest BCUT2D eigenvalue weighted by molar-refractivity contribution is 0.246. The molecule has 0 unspecified atom stereocenters. The van der Waals surface area contributed by atoms with Crippen LogP contribution in [0.25, 0.3) is 0 Å². The maximum atomic E-state index is 12.2. The second-order valence-corrected chi connectivity index (χ2v) is 11.7. The summed E-state index contributed by atoms with van der Waals surface area (Å²) in [6.07, 6.45) is 2.38. The molecule has 6 heteroatoms. The van der Waals surface area contributed by atoms with Crippen LogP contribution in [-0.4, -0.2) is 33.4 Å². The monoisotopic (exact) mass is 305 g/mol. The predicted octanol–water partition coefficient (Wildman–Crippen LogP) is 3.22. The summed E-state index contributed by atoms with van der Waals surface area (Å²) in [5.41, 5.74) is 0.848. The zero-order valence-electron chi connectivity index (χ0n) is 12.9. The SMILES string of the molecule is C[Si](C)(C)CCCN(C(=O)NCN=C=O)c1ccccc1. The molecule has 0 atom stereocenters.